The molecule has 0 spiro atoms. The third-order valence-electron chi connectivity index (χ3n) is 4.87. The molecule has 1 fully saturated rings. The molecular formula is C17H26BNO. The Bertz CT molecular complexity index is 503. The summed E-state index contributed by atoms with van der Waals surface area (Å²) in [7, 11) is 1.95. The maximum Gasteiger partial charge on any atom is 0.330 e. The van der Waals surface area contributed by atoms with E-state index in [4.69, 9.17) is 4.65 Å². The fraction of sp³-hybridized carbons (Fsp3) is 0.529. The van der Waals surface area contributed by atoms with Gasteiger partial charge in [-0.05, 0) is 55.3 Å². The van der Waals surface area contributed by atoms with E-state index in [-0.39, 0.29) is 17.9 Å². The molecule has 2 rings (SSSR count). The van der Waals surface area contributed by atoms with Crippen LogP contribution in [-0.2, 0) is 4.65 Å². The van der Waals surface area contributed by atoms with Gasteiger partial charge >= 0.3 is 6.92 Å². The van der Waals surface area contributed by atoms with E-state index in [1.807, 2.05) is 7.05 Å². The Morgan fingerprint density at radius 1 is 1.25 bits per heavy atom. The molecule has 0 amide bonds. The quantitative estimate of drug-likeness (QED) is 0.841. The van der Waals surface area contributed by atoms with E-state index in [1.165, 1.54) is 16.6 Å². The highest BCUT2D eigenvalue weighted by Gasteiger charge is 2.50. The minimum atomic E-state index is -0.104. The predicted molar refractivity (Wildman–Crippen MR) is 87.7 cm³/mol. The van der Waals surface area contributed by atoms with Crippen molar-refractivity contribution in [2.75, 3.05) is 7.05 Å². The highest BCUT2D eigenvalue weighted by molar-refractivity contribution is 6.74. The molecule has 0 unspecified atom stereocenters. The van der Waals surface area contributed by atoms with Gasteiger partial charge in [0.15, 0.2) is 0 Å². The summed E-state index contributed by atoms with van der Waals surface area (Å²) in [6.45, 7) is 11.3. The third kappa shape index (κ3) is 2.64. The van der Waals surface area contributed by atoms with E-state index in [2.05, 4.69) is 70.4 Å². The Morgan fingerprint density at radius 3 is 2.40 bits per heavy atom. The number of rotatable bonds is 3. The van der Waals surface area contributed by atoms with Crippen LogP contribution in [0, 0.1) is 12.3 Å². The molecule has 1 aliphatic heterocycles. The zero-order chi connectivity index (χ0) is 15.0. The smallest absolute Gasteiger partial charge is 0.330 e. The van der Waals surface area contributed by atoms with Crippen LogP contribution >= 0.6 is 0 Å². The second-order valence-electron chi connectivity index (χ2n) is 6.91. The van der Waals surface area contributed by atoms with Gasteiger partial charge in [-0.2, -0.15) is 0 Å². The first-order valence-electron chi connectivity index (χ1n) is 7.40. The number of benzene rings is 1. The standard InChI is InChI=1S/C17H26BNO/c1-13-9-7-8-10-14(13)15(11-19-6)18-12-16(2,3)17(4,5)20-18/h7-11,19H,12H2,1-6H3/b15-11+. The van der Waals surface area contributed by atoms with Crippen LogP contribution in [0.4, 0.5) is 0 Å². The molecule has 0 bridgehead atoms. The largest absolute Gasteiger partial charge is 0.425 e. The van der Waals surface area contributed by atoms with Crippen LogP contribution in [0.3, 0.4) is 0 Å². The van der Waals surface area contributed by atoms with Crippen LogP contribution in [-0.4, -0.2) is 19.6 Å². The number of nitrogens with one attached hydrogen (secondary N) is 1. The van der Waals surface area contributed by atoms with Crippen molar-refractivity contribution in [2.45, 2.75) is 46.5 Å². The zero-order valence-corrected chi connectivity index (χ0v) is 13.6. The minimum Gasteiger partial charge on any atom is -0.425 e. The molecular weight excluding hydrogens is 245 g/mol. The first kappa shape index (κ1) is 15.2. The summed E-state index contributed by atoms with van der Waals surface area (Å²) in [6, 6.07) is 8.51. The Morgan fingerprint density at radius 2 is 1.90 bits per heavy atom. The molecule has 2 nitrogen and oxygen atoms in total. The second kappa shape index (κ2) is 5.29. The average Bonchev–Trinajstić information content (AvgIpc) is 2.56. The lowest BCUT2D eigenvalue weighted by molar-refractivity contribution is 0.0376. The van der Waals surface area contributed by atoms with Crippen LogP contribution < -0.4 is 5.32 Å². The summed E-state index contributed by atoms with van der Waals surface area (Å²) in [5, 5.41) is 3.18. The number of aryl methyl sites for hydroxylation is 1. The SMILES string of the molecule is CN/C=C(/B1CC(C)(C)C(C)(C)O1)c1ccccc1C. The molecule has 0 aromatic heterocycles. The van der Waals surface area contributed by atoms with Gasteiger partial charge in [0.25, 0.3) is 0 Å². The summed E-state index contributed by atoms with van der Waals surface area (Å²) in [4.78, 5) is 0. The van der Waals surface area contributed by atoms with Crippen molar-refractivity contribution in [3.05, 3.63) is 41.6 Å². The number of hydrogen-bond acceptors (Lipinski definition) is 2. The Balaban J connectivity index is 2.38. The molecule has 1 N–H and O–H groups in total. The molecule has 1 saturated heterocycles. The van der Waals surface area contributed by atoms with Crippen molar-refractivity contribution < 1.29 is 4.65 Å². The summed E-state index contributed by atoms with van der Waals surface area (Å²) in [5.74, 6) is 0. The van der Waals surface area contributed by atoms with Crippen LogP contribution in [0.5, 0.6) is 0 Å². The van der Waals surface area contributed by atoms with E-state index in [1.54, 1.807) is 0 Å². The van der Waals surface area contributed by atoms with Crippen molar-refractivity contribution in [3.63, 3.8) is 0 Å². The molecule has 0 saturated carbocycles. The highest BCUT2D eigenvalue weighted by atomic mass is 16.5. The van der Waals surface area contributed by atoms with Crippen molar-refractivity contribution in [1.29, 1.82) is 0 Å². The molecule has 0 atom stereocenters. The summed E-state index contributed by atoms with van der Waals surface area (Å²) >= 11 is 0. The molecule has 0 radical (unpaired) electrons. The molecule has 1 aromatic rings. The third-order valence-corrected chi connectivity index (χ3v) is 4.87. The first-order chi connectivity index (χ1) is 9.28. The Hall–Kier alpha value is -1.22. The molecule has 1 aliphatic rings. The topological polar surface area (TPSA) is 21.3 Å². The lowest BCUT2D eigenvalue weighted by Crippen LogP contribution is -2.34. The van der Waals surface area contributed by atoms with Gasteiger partial charge in [-0.1, -0.05) is 38.1 Å². The first-order valence-corrected chi connectivity index (χ1v) is 7.40. The predicted octanol–water partition coefficient (Wildman–Crippen LogP) is 3.92. The normalized spacial score (nSPS) is 21.1. The van der Waals surface area contributed by atoms with E-state index in [0.717, 1.165) is 6.32 Å². The molecule has 3 heteroatoms. The highest BCUT2D eigenvalue weighted by Crippen LogP contribution is 2.48. The van der Waals surface area contributed by atoms with Gasteiger partial charge in [0, 0.05) is 7.05 Å². The average molecular weight is 271 g/mol. The van der Waals surface area contributed by atoms with Gasteiger partial charge in [0.05, 0.1) is 5.60 Å². The van der Waals surface area contributed by atoms with Gasteiger partial charge < -0.3 is 9.97 Å². The lowest BCUT2D eigenvalue weighted by atomic mass is 9.52. The van der Waals surface area contributed by atoms with Crippen LogP contribution in [0.1, 0.15) is 38.8 Å². The van der Waals surface area contributed by atoms with Gasteiger partial charge in [-0.15, -0.1) is 0 Å². The van der Waals surface area contributed by atoms with Gasteiger partial charge in [0.2, 0.25) is 0 Å². The zero-order valence-electron chi connectivity index (χ0n) is 13.6. The van der Waals surface area contributed by atoms with E-state index >= 15 is 0 Å². The van der Waals surface area contributed by atoms with E-state index in [0.29, 0.717) is 0 Å². The van der Waals surface area contributed by atoms with Crippen LogP contribution in [0.2, 0.25) is 6.32 Å². The van der Waals surface area contributed by atoms with Crippen molar-refractivity contribution in [1.82, 2.24) is 5.32 Å². The summed E-state index contributed by atoms with van der Waals surface area (Å²) in [6.07, 6.45) is 3.13. The van der Waals surface area contributed by atoms with E-state index < -0.39 is 0 Å². The molecule has 1 heterocycles. The van der Waals surface area contributed by atoms with E-state index in [9.17, 15) is 0 Å². The Labute approximate surface area is 123 Å². The van der Waals surface area contributed by atoms with Crippen molar-refractivity contribution >= 4 is 12.4 Å². The maximum atomic E-state index is 6.38. The van der Waals surface area contributed by atoms with Crippen molar-refractivity contribution in [2.24, 2.45) is 5.41 Å². The lowest BCUT2D eigenvalue weighted by Gasteiger charge is -2.34. The van der Waals surface area contributed by atoms with Gasteiger partial charge in [0.1, 0.15) is 0 Å². The van der Waals surface area contributed by atoms with Crippen LogP contribution in [0.15, 0.2) is 30.5 Å². The fourth-order valence-corrected chi connectivity index (χ4v) is 2.84. The number of hydrogen-bond donors (Lipinski definition) is 1. The summed E-state index contributed by atoms with van der Waals surface area (Å²) in [5.41, 5.74) is 3.89. The van der Waals surface area contributed by atoms with Crippen LogP contribution in [0.25, 0.3) is 5.47 Å². The van der Waals surface area contributed by atoms with Gasteiger partial charge in [-0.3, -0.25) is 0 Å². The fourth-order valence-electron chi connectivity index (χ4n) is 2.84. The van der Waals surface area contributed by atoms with Crippen molar-refractivity contribution in [3.8, 4) is 0 Å². The molecule has 20 heavy (non-hydrogen) atoms. The molecule has 1 aromatic carbocycles. The maximum absolute atomic E-state index is 6.38. The molecule has 0 aliphatic carbocycles. The summed E-state index contributed by atoms with van der Waals surface area (Å²) < 4.78 is 6.38. The molecule has 108 valence electrons. The van der Waals surface area contributed by atoms with Gasteiger partial charge in [-0.25, -0.2) is 0 Å². The minimum absolute atomic E-state index is 0.104. The monoisotopic (exact) mass is 271 g/mol. The second-order valence-corrected chi connectivity index (χ2v) is 6.91. The Kier molecular flexibility index (Phi) is 4.01.